The quantitative estimate of drug-likeness (QED) is 0.654. The van der Waals surface area contributed by atoms with Crippen molar-refractivity contribution in [3.05, 3.63) is 0 Å². The average Bonchev–Trinajstić information content (AvgIpc) is 3.07. The molecule has 7 nitrogen and oxygen atoms in total. The Labute approximate surface area is 148 Å². The van der Waals surface area contributed by atoms with Gasteiger partial charge in [-0.05, 0) is 46.1 Å². The van der Waals surface area contributed by atoms with Crippen LogP contribution in [0.2, 0.25) is 0 Å². The number of nitrogens with one attached hydrogen (secondary N) is 3. The molecule has 4 amide bonds. The molecule has 2 saturated heterocycles. The number of hydrogen-bond donors (Lipinski definition) is 3. The first-order chi connectivity index (χ1) is 10.9. The minimum absolute atomic E-state index is 0. The first-order valence-corrected chi connectivity index (χ1v) is 8.64. The molecular weight excluding hydrogens is 332 g/mol. The van der Waals surface area contributed by atoms with Crippen LogP contribution < -0.4 is 16.0 Å². The molecule has 1 aliphatic carbocycles. The van der Waals surface area contributed by atoms with Crippen molar-refractivity contribution >= 4 is 30.3 Å². The van der Waals surface area contributed by atoms with E-state index >= 15 is 0 Å². The largest absolute Gasteiger partial charge is 0.350 e. The van der Waals surface area contributed by atoms with E-state index in [-0.39, 0.29) is 36.3 Å². The lowest BCUT2D eigenvalue weighted by atomic mass is 9.97. The minimum Gasteiger partial charge on any atom is -0.350 e. The van der Waals surface area contributed by atoms with Gasteiger partial charge >= 0.3 is 6.03 Å². The van der Waals surface area contributed by atoms with Crippen molar-refractivity contribution in [2.75, 3.05) is 6.54 Å². The van der Waals surface area contributed by atoms with Gasteiger partial charge in [0, 0.05) is 12.1 Å². The molecule has 3 atom stereocenters. The molecule has 0 aromatic rings. The second kappa shape index (κ2) is 7.27. The molecule has 0 radical (unpaired) electrons. The van der Waals surface area contributed by atoms with Crippen LogP contribution in [0.1, 0.15) is 52.4 Å². The normalized spacial score (nSPS) is 30.0. The summed E-state index contributed by atoms with van der Waals surface area (Å²) in [5.41, 5.74) is -0.759. The molecule has 1 spiro atoms. The maximum Gasteiger partial charge on any atom is 0.325 e. The van der Waals surface area contributed by atoms with Gasteiger partial charge < -0.3 is 16.0 Å². The molecule has 24 heavy (non-hydrogen) atoms. The molecule has 3 unspecified atom stereocenters. The van der Waals surface area contributed by atoms with Crippen molar-refractivity contribution in [3.63, 3.8) is 0 Å². The number of urea groups is 1. The lowest BCUT2D eigenvalue weighted by Crippen LogP contribution is -2.57. The first-order valence-electron chi connectivity index (χ1n) is 8.64. The molecule has 0 aromatic heterocycles. The number of halogens is 1. The second-order valence-electron chi connectivity index (χ2n) is 7.07. The molecule has 0 bridgehead atoms. The summed E-state index contributed by atoms with van der Waals surface area (Å²) in [6.07, 6.45) is 5.14. The fourth-order valence-corrected chi connectivity index (χ4v) is 3.97. The van der Waals surface area contributed by atoms with Gasteiger partial charge in [0.1, 0.15) is 11.6 Å². The summed E-state index contributed by atoms with van der Waals surface area (Å²) in [5, 5.41) is 9.14. The number of hydrogen-bond acceptors (Lipinski definition) is 4. The highest BCUT2D eigenvalue weighted by Gasteiger charge is 2.54. The van der Waals surface area contributed by atoms with Crippen LogP contribution in [0.4, 0.5) is 4.79 Å². The summed E-state index contributed by atoms with van der Waals surface area (Å²) in [6, 6.07) is -0.977. The van der Waals surface area contributed by atoms with Crippen LogP contribution in [0.15, 0.2) is 0 Å². The van der Waals surface area contributed by atoms with Gasteiger partial charge in [0.25, 0.3) is 5.91 Å². The highest BCUT2D eigenvalue weighted by molar-refractivity contribution is 6.10. The van der Waals surface area contributed by atoms with Crippen molar-refractivity contribution in [1.29, 1.82) is 0 Å². The molecule has 2 aliphatic heterocycles. The standard InChI is InChI=1S/C16H26N4O3.ClH/c1-10-12(6-5-9-17-10)18-13(21)11(2)20-14(22)16(19-15(20)23)7-3-4-8-16;/h10-12,17H,3-9H2,1-2H3,(H,18,21)(H,19,23);1H. The maximum absolute atomic E-state index is 12.7. The lowest BCUT2D eigenvalue weighted by molar-refractivity contribution is -0.138. The predicted molar refractivity (Wildman–Crippen MR) is 91.9 cm³/mol. The summed E-state index contributed by atoms with van der Waals surface area (Å²) in [6.45, 7) is 4.62. The number of carbonyl (C=O) groups excluding carboxylic acids is 3. The summed E-state index contributed by atoms with van der Waals surface area (Å²) in [7, 11) is 0. The Morgan fingerprint density at radius 1 is 1.29 bits per heavy atom. The Hall–Kier alpha value is -1.34. The van der Waals surface area contributed by atoms with E-state index in [9.17, 15) is 14.4 Å². The third-order valence-electron chi connectivity index (χ3n) is 5.51. The van der Waals surface area contributed by atoms with Crippen LogP contribution in [-0.2, 0) is 9.59 Å². The number of rotatable bonds is 3. The van der Waals surface area contributed by atoms with Gasteiger partial charge in [-0.2, -0.15) is 0 Å². The maximum atomic E-state index is 12.7. The molecule has 0 aromatic carbocycles. The SMILES string of the molecule is CC1NCCCC1NC(=O)C(C)N1C(=O)NC2(CCCC2)C1=O.Cl. The van der Waals surface area contributed by atoms with E-state index in [0.717, 1.165) is 37.1 Å². The smallest absolute Gasteiger partial charge is 0.325 e. The highest BCUT2D eigenvalue weighted by Crippen LogP contribution is 2.35. The minimum atomic E-state index is -0.781. The van der Waals surface area contributed by atoms with E-state index in [0.29, 0.717) is 12.8 Å². The summed E-state index contributed by atoms with van der Waals surface area (Å²) in [5.74, 6) is -0.499. The Kier molecular flexibility index (Phi) is 5.75. The number of imide groups is 1. The number of piperidine rings is 1. The number of amides is 4. The van der Waals surface area contributed by atoms with Gasteiger partial charge in [0.2, 0.25) is 5.91 Å². The fraction of sp³-hybridized carbons (Fsp3) is 0.812. The molecule has 1 saturated carbocycles. The van der Waals surface area contributed by atoms with Crippen molar-refractivity contribution in [1.82, 2.24) is 20.9 Å². The van der Waals surface area contributed by atoms with Crippen LogP contribution in [-0.4, -0.2) is 53.0 Å². The van der Waals surface area contributed by atoms with Crippen molar-refractivity contribution < 1.29 is 14.4 Å². The molecule has 2 heterocycles. The predicted octanol–water partition coefficient (Wildman–Crippen LogP) is 0.918. The van der Waals surface area contributed by atoms with Crippen molar-refractivity contribution in [3.8, 4) is 0 Å². The van der Waals surface area contributed by atoms with Crippen molar-refractivity contribution in [2.24, 2.45) is 0 Å². The van der Waals surface area contributed by atoms with Crippen LogP contribution in [0.3, 0.4) is 0 Å². The average molecular weight is 359 g/mol. The van der Waals surface area contributed by atoms with Crippen LogP contribution in [0.5, 0.6) is 0 Å². The van der Waals surface area contributed by atoms with E-state index in [1.165, 1.54) is 0 Å². The monoisotopic (exact) mass is 358 g/mol. The molecule has 3 N–H and O–H groups in total. The Morgan fingerprint density at radius 2 is 1.96 bits per heavy atom. The van der Waals surface area contributed by atoms with Crippen molar-refractivity contribution in [2.45, 2.75) is 76.0 Å². The van der Waals surface area contributed by atoms with Gasteiger partial charge in [-0.15, -0.1) is 12.4 Å². The molecule has 3 rings (SSSR count). The summed E-state index contributed by atoms with van der Waals surface area (Å²) in [4.78, 5) is 38.6. The van der Waals surface area contributed by atoms with Gasteiger partial charge in [-0.1, -0.05) is 12.8 Å². The summed E-state index contributed by atoms with van der Waals surface area (Å²) >= 11 is 0. The van der Waals surface area contributed by atoms with Gasteiger partial charge in [0.15, 0.2) is 0 Å². The molecule has 3 aliphatic rings. The second-order valence-corrected chi connectivity index (χ2v) is 7.07. The number of carbonyl (C=O) groups is 3. The van der Waals surface area contributed by atoms with E-state index < -0.39 is 17.6 Å². The zero-order chi connectivity index (χ0) is 16.6. The van der Waals surface area contributed by atoms with Crippen LogP contribution in [0.25, 0.3) is 0 Å². The Morgan fingerprint density at radius 3 is 2.58 bits per heavy atom. The fourth-order valence-electron chi connectivity index (χ4n) is 3.97. The van der Waals surface area contributed by atoms with Gasteiger partial charge in [0.05, 0.1) is 0 Å². The topological polar surface area (TPSA) is 90.5 Å². The Balaban J connectivity index is 0.00000208. The van der Waals surface area contributed by atoms with Crippen LogP contribution >= 0.6 is 12.4 Å². The third-order valence-corrected chi connectivity index (χ3v) is 5.51. The third kappa shape index (κ3) is 3.24. The Bertz CT molecular complexity index is 521. The molecule has 136 valence electrons. The lowest BCUT2D eigenvalue weighted by Gasteiger charge is -2.32. The van der Waals surface area contributed by atoms with E-state index in [1.54, 1.807) is 6.92 Å². The molecule has 8 heteroatoms. The molecule has 3 fully saturated rings. The highest BCUT2D eigenvalue weighted by atomic mass is 35.5. The van der Waals surface area contributed by atoms with E-state index in [2.05, 4.69) is 16.0 Å². The van der Waals surface area contributed by atoms with E-state index in [4.69, 9.17) is 0 Å². The first kappa shape index (κ1) is 19.0. The zero-order valence-corrected chi connectivity index (χ0v) is 15.1. The van der Waals surface area contributed by atoms with Crippen LogP contribution in [0, 0.1) is 0 Å². The van der Waals surface area contributed by atoms with E-state index in [1.807, 2.05) is 6.92 Å². The number of nitrogens with zero attached hydrogens (tertiary/aromatic N) is 1. The molecular formula is C16H27ClN4O3. The summed E-state index contributed by atoms with van der Waals surface area (Å²) < 4.78 is 0. The van der Waals surface area contributed by atoms with Gasteiger partial charge in [-0.3, -0.25) is 9.59 Å². The zero-order valence-electron chi connectivity index (χ0n) is 14.3. The van der Waals surface area contributed by atoms with Gasteiger partial charge in [-0.25, -0.2) is 9.69 Å².